The summed E-state index contributed by atoms with van der Waals surface area (Å²) in [5.41, 5.74) is 2.09. The third-order valence-corrected chi connectivity index (χ3v) is 8.82. The van der Waals surface area contributed by atoms with E-state index in [-0.39, 0.29) is 25.9 Å². The van der Waals surface area contributed by atoms with Crippen LogP contribution in [0, 0.1) is 0 Å². The molecule has 2 fully saturated rings. The van der Waals surface area contributed by atoms with E-state index in [1.54, 1.807) is 0 Å². The Bertz CT molecular complexity index is 1120. The molecule has 14 heteroatoms. The lowest BCUT2D eigenvalue weighted by molar-refractivity contribution is 0.0763. The first-order valence-electron chi connectivity index (χ1n) is 16.3. The second-order valence-electron chi connectivity index (χ2n) is 12.2. The molecule has 2 aromatic rings. The van der Waals surface area contributed by atoms with Gasteiger partial charge in [0.05, 0.1) is 19.8 Å². The highest BCUT2D eigenvalue weighted by Gasteiger charge is 2.24. The highest BCUT2D eigenvalue weighted by molar-refractivity contribution is 5.56. The predicted octanol–water partition coefficient (Wildman–Crippen LogP) is -0.852. The second-order valence-corrected chi connectivity index (χ2v) is 12.2. The molecule has 0 bridgehead atoms. The van der Waals surface area contributed by atoms with Crippen LogP contribution in [0.25, 0.3) is 0 Å². The summed E-state index contributed by atoms with van der Waals surface area (Å²) >= 11 is 0. The maximum Gasteiger partial charge on any atom is 0.233 e. The highest BCUT2D eigenvalue weighted by atomic mass is 16.3. The van der Waals surface area contributed by atoms with E-state index in [0.29, 0.717) is 37.5 Å². The van der Waals surface area contributed by atoms with Crippen LogP contribution in [-0.2, 0) is 6.42 Å². The summed E-state index contributed by atoms with van der Waals surface area (Å²) in [5, 5.41) is 35.9. The number of nitrogens with zero attached hydrogens (tertiary/aromatic N) is 9. The minimum atomic E-state index is 0.0821. The van der Waals surface area contributed by atoms with Gasteiger partial charge in [0.1, 0.15) is 0 Å². The van der Waals surface area contributed by atoms with Crippen LogP contribution in [-0.4, -0.2) is 193 Å². The number of rotatable bonds is 12. The van der Waals surface area contributed by atoms with Gasteiger partial charge in [-0.05, 0) is 38.2 Å². The average Bonchev–Trinajstić information content (AvgIpc) is 3.04. The fraction of sp³-hybridized carbons (Fsp3) is 0.710. The van der Waals surface area contributed by atoms with E-state index >= 15 is 0 Å². The Balaban J connectivity index is 1.49. The Hall–Kier alpha value is -2.69. The lowest BCUT2D eigenvalue weighted by Gasteiger charge is -2.38. The topological polar surface area (TPSA) is 143 Å². The molecule has 4 rings (SSSR count). The van der Waals surface area contributed by atoms with Crippen LogP contribution in [0.15, 0.2) is 24.3 Å². The third-order valence-electron chi connectivity index (χ3n) is 8.82. The first-order chi connectivity index (χ1) is 21.9. The summed E-state index contributed by atoms with van der Waals surface area (Å²) in [6, 6.07) is 8.54. The summed E-state index contributed by atoms with van der Waals surface area (Å²) in [7, 11) is 6.08. The molecule has 0 saturated carbocycles. The highest BCUT2D eigenvalue weighted by Crippen LogP contribution is 2.20. The Morgan fingerprint density at radius 2 is 1.27 bits per heavy atom. The van der Waals surface area contributed by atoms with Crippen LogP contribution in [0.5, 0.6) is 0 Å². The van der Waals surface area contributed by atoms with Crippen molar-refractivity contribution >= 4 is 23.5 Å². The van der Waals surface area contributed by atoms with Crippen LogP contribution in [0.1, 0.15) is 5.56 Å². The molecule has 2 aliphatic rings. The maximum absolute atomic E-state index is 10.0. The molecule has 2 aliphatic heterocycles. The number of aliphatic hydroxyl groups excluding tert-OH is 3. The molecule has 1 unspecified atom stereocenters. The Labute approximate surface area is 268 Å². The number of benzene rings is 1. The van der Waals surface area contributed by atoms with Crippen molar-refractivity contribution in [2.75, 3.05) is 148 Å². The molecule has 0 amide bonds. The molecule has 1 aromatic carbocycles. The maximum atomic E-state index is 10.0. The van der Waals surface area contributed by atoms with Crippen molar-refractivity contribution in [1.29, 1.82) is 0 Å². The fourth-order valence-corrected chi connectivity index (χ4v) is 5.94. The molecule has 1 aromatic heterocycles. The van der Waals surface area contributed by atoms with Crippen molar-refractivity contribution in [2.24, 2.45) is 0 Å². The van der Waals surface area contributed by atoms with Gasteiger partial charge in [0.15, 0.2) is 0 Å². The smallest absolute Gasteiger partial charge is 0.233 e. The largest absolute Gasteiger partial charge is 0.395 e. The Kier molecular flexibility index (Phi) is 14.4. The van der Waals surface area contributed by atoms with Crippen molar-refractivity contribution in [2.45, 2.75) is 12.5 Å². The zero-order valence-corrected chi connectivity index (χ0v) is 27.5. The molecular weight excluding hydrogens is 574 g/mol. The number of aliphatic hydroxyl groups is 3. The van der Waals surface area contributed by atoms with E-state index < -0.39 is 0 Å². The third kappa shape index (κ3) is 11.3. The van der Waals surface area contributed by atoms with Crippen LogP contribution >= 0.6 is 0 Å². The SMILES string of the molecule is CNc1nc(Nc2ccc(CC3CN(CCO)CCN(C)CCN(CCO)CCN3CCO)cc2)nc(N2CCN(C)CC2)n1. The number of nitrogens with one attached hydrogen (secondary N) is 2. The van der Waals surface area contributed by atoms with Gasteiger partial charge in [-0.2, -0.15) is 15.0 Å². The first kappa shape index (κ1) is 35.2. The van der Waals surface area contributed by atoms with Crippen molar-refractivity contribution in [1.82, 2.24) is 39.5 Å². The van der Waals surface area contributed by atoms with E-state index in [2.05, 4.69) is 88.4 Å². The monoisotopic (exact) mass is 629 g/mol. The fourth-order valence-electron chi connectivity index (χ4n) is 5.94. The van der Waals surface area contributed by atoms with Crippen molar-refractivity contribution in [3.63, 3.8) is 0 Å². The van der Waals surface area contributed by atoms with Gasteiger partial charge in [0.2, 0.25) is 17.8 Å². The number of hydrogen-bond donors (Lipinski definition) is 5. The molecule has 0 aliphatic carbocycles. The minimum Gasteiger partial charge on any atom is -0.395 e. The quantitative estimate of drug-likeness (QED) is 0.199. The average molecular weight is 630 g/mol. The summed E-state index contributed by atoms with van der Waals surface area (Å²) in [6.45, 7) is 11.8. The summed E-state index contributed by atoms with van der Waals surface area (Å²) < 4.78 is 0. The molecular formula is C31H55N11O3. The van der Waals surface area contributed by atoms with Gasteiger partial charge < -0.3 is 40.7 Å². The normalized spacial score (nSPS) is 20.9. The van der Waals surface area contributed by atoms with E-state index in [1.165, 1.54) is 5.56 Å². The van der Waals surface area contributed by atoms with E-state index in [9.17, 15) is 15.3 Å². The number of aromatic nitrogens is 3. The van der Waals surface area contributed by atoms with Gasteiger partial charge in [-0.3, -0.25) is 14.7 Å². The molecule has 2 saturated heterocycles. The van der Waals surface area contributed by atoms with Gasteiger partial charge in [-0.25, -0.2) is 0 Å². The van der Waals surface area contributed by atoms with Gasteiger partial charge in [0.25, 0.3) is 0 Å². The zero-order chi connectivity index (χ0) is 32.0. The number of hydrogen-bond acceptors (Lipinski definition) is 14. The number of piperazine rings is 1. The number of likely N-dealkylation sites (N-methyl/N-ethyl adjacent to an activating group) is 2. The Morgan fingerprint density at radius 3 is 1.91 bits per heavy atom. The lowest BCUT2D eigenvalue weighted by atomic mass is 10.0. The molecule has 0 radical (unpaired) electrons. The first-order valence-corrected chi connectivity index (χ1v) is 16.3. The van der Waals surface area contributed by atoms with E-state index in [0.717, 1.165) is 84.1 Å². The molecule has 14 nitrogen and oxygen atoms in total. The summed E-state index contributed by atoms with van der Waals surface area (Å²) in [6.07, 6.45) is 0.807. The van der Waals surface area contributed by atoms with Crippen molar-refractivity contribution in [3.8, 4) is 0 Å². The lowest BCUT2D eigenvalue weighted by Crippen LogP contribution is -2.52. The molecule has 0 spiro atoms. The number of anilines is 4. The van der Waals surface area contributed by atoms with Crippen LogP contribution in [0.2, 0.25) is 0 Å². The van der Waals surface area contributed by atoms with Gasteiger partial charge in [-0.1, -0.05) is 12.1 Å². The van der Waals surface area contributed by atoms with Crippen LogP contribution in [0.3, 0.4) is 0 Å². The molecule has 45 heavy (non-hydrogen) atoms. The number of β-amino-alcohol motifs (C(OH)–C–C–N with tert-alkyl or cyclic N) is 3. The Morgan fingerprint density at radius 1 is 0.689 bits per heavy atom. The minimum absolute atomic E-state index is 0.0821. The molecule has 5 N–H and O–H groups in total. The van der Waals surface area contributed by atoms with Crippen molar-refractivity contribution in [3.05, 3.63) is 29.8 Å². The summed E-state index contributed by atoms with van der Waals surface area (Å²) in [4.78, 5) is 27.7. The zero-order valence-electron chi connectivity index (χ0n) is 27.5. The molecule has 1 atom stereocenters. The second kappa shape index (κ2) is 18.5. The van der Waals surface area contributed by atoms with E-state index in [1.807, 2.05) is 7.05 Å². The van der Waals surface area contributed by atoms with Crippen LogP contribution in [0.4, 0.5) is 23.5 Å². The van der Waals surface area contributed by atoms with Gasteiger partial charge >= 0.3 is 0 Å². The van der Waals surface area contributed by atoms with Gasteiger partial charge in [-0.15, -0.1) is 0 Å². The molecule has 252 valence electrons. The standard InChI is InChI=1S/C31H55N11O3/c1-32-29-34-30(36-31(35-29)42-15-10-38(3)11-16-42)33-27-6-4-26(5-7-27)24-28-25-40(19-22-44)13-9-37(2)8-12-39(18-21-43)14-17-41(28)20-23-45/h4-7,28,43-45H,8-25H2,1-3H3,(H2,32,33,34,35,36). The van der Waals surface area contributed by atoms with Gasteiger partial charge in [0, 0.05) is 110 Å². The van der Waals surface area contributed by atoms with E-state index in [4.69, 9.17) is 4.98 Å². The summed E-state index contributed by atoms with van der Waals surface area (Å²) in [5.74, 6) is 1.70. The predicted molar refractivity (Wildman–Crippen MR) is 180 cm³/mol. The van der Waals surface area contributed by atoms with Crippen LogP contribution < -0.4 is 15.5 Å². The molecule has 3 heterocycles. The van der Waals surface area contributed by atoms with Crippen molar-refractivity contribution < 1.29 is 15.3 Å².